The van der Waals surface area contributed by atoms with Crippen LogP contribution in [0.2, 0.25) is 75.5 Å². The Morgan fingerprint density at radius 2 is 0.676 bits per heavy atom. The van der Waals surface area contributed by atoms with Gasteiger partial charge in [0.2, 0.25) is 0 Å². The van der Waals surface area contributed by atoms with E-state index in [1.54, 1.807) is 0 Å². The predicted octanol–water partition coefficient (Wildman–Crippen LogP) is 18.6. The smallest absolute Gasteiger partial charge is 0.313 e. The van der Waals surface area contributed by atoms with Crippen molar-refractivity contribution >= 4 is 51.0 Å². The summed E-state index contributed by atoms with van der Waals surface area (Å²) >= 11 is 0. The molecule has 10 heterocycles. The number of ketones is 1. The van der Waals surface area contributed by atoms with E-state index >= 15 is 0 Å². The standard InChI is InChI=1S/C20H38O3Si2.C18H26O5.C14H20O4.2C13H24O2Si.4CH4/c1-24(2,11-9-15-5-7-17-19(13-15)21-17)23-25(3,4)12-10-16-6-8-18-20(14-16)22-18;19-13(4-1-11-2-5-14-16(7-11)22-14)9-18(20)21-10-12-3-6-15-17(8-12)23-15;15-14(9-2-4-11-13(6-9)18-11)16-7-8-1-3-10-12(5-8)17-10;2*1-16(8-3-2-7-14-16)9-6-11-4-5-12-13(10-11)15-12;;;;/h15-20H,5-14H2,1-4H3;11-12,14-17H,1-10H2;8-13H,1-7H2;2*11-13H,2-10H2,1H3;4*1H4. The lowest BCUT2D eigenvalue weighted by Gasteiger charge is -2.36. The molecule has 18 aliphatic rings. The van der Waals surface area contributed by atoms with Crippen molar-refractivity contribution in [2.75, 3.05) is 26.4 Å². The second kappa shape index (κ2) is 37.4. The molecule has 8 aliphatic carbocycles. The van der Waals surface area contributed by atoms with Gasteiger partial charge < -0.3 is 60.3 Å². The van der Waals surface area contributed by atoms with E-state index in [2.05, 4.69) is 39.3 Å². The van der Waals surface area contributed by atoms with Gasteiger partial charge in [-0.05, 0) is 290 Å². The van der Waals surface area contributed by atoms with E-state index in [1.165, 1.54) is 165 Å². The number of epoxide rings is 8. The summed E-state index contributed by atoms with van der Waals surface area (Å²) in [4.78, 5) is 35.7. The third-order valence-corrected chi connectivity index (χ3v) is 42.1. The summed E-state index contributed by atoms with van der Waals surface area (Å²) in [6.07, 6.45) is 50.1. The van der Waals surface area contributed by atoms with E-state index < -0.39 is 33.3 Å². The maximum Gasteiger partial charge on any atom is 0.313 e. The molecule has 0 aromatic carbocycles. The molecule has 18 rings (SSSR count). The Bertz CT molecular complexity index is 2470. The molecule has 0 aromatic rings. The van der Waals surface area contributed by atoms with Crippen LogP contribution < -0.4 is 0 Å². The third-order valence-electron chi connectivity index (χ3n) is 27.4. The highest BCUT2D eigenvalue weighted by Crippen LogP contribution is 2.48. The molecular weight excluding hydrogens is 1350 g/mol. The molecule has 16 nitrogen and oxygen atoms in total. The van der Waals surface area contributed by atoms with Gasteiger partial charge in [-0.15, -0.1) is 0 Å². The summed E-state index contributed by atoms with van der Waals surface area (Å²) < 4.78 is 74.4. The fraction of sp³-hybridized carbons (Fsp3) is 0.963. The van der Waals surface area contributed by atoms with E-state index in [0.717, 1.165) is 120 Å². The molecule has 0 bridgehead atoms. The zero-order valence-corrected chi connectivity index (χ0v) is 65.7. The van der Waals surface area contributed by atoms with Crippen molar-refractivity contribution in [3.8, 4) is 0 Å². The maximum atomic E-state index is 12.0. The summed E-state index contributed by atoms with van der Waals surface area (Å²) in [5, 5.41) is 0. The van der Waals surface area contributed by atoms with Crippen LogP contribution in [-0.4, -0.2) is 175 Å². The van der Waals surface area contributed by atoms with E-state index in [-0.39, 0.29) is 59.8 Å². The number of esters is 2. The fourth-order valence-electron chi connectivity index (χ4n) is 20.2. The van der Waals surface area contributed by atoms with Crippen molar-refractivity contribution in [1.29, 1.82) is 0 Å². The number of hydrogen-bond donors (Lipinski definition) is 0. The molecule has 0 spiro atoms. The fourth-order valence-corrected chi connectivity index (χ4v) is 35.6. The lowest BCUT2D eigenvalue weighted by atomic mass is 9.85. The van der Waals surface area contributed by atoms with Gasteiger partial charge in [0.1, 0.15) is 12.2 Å². The molecule has 26 unspecified atom stereocenters. The van der Waals surface area contributed by atoms with E-state index in [0.29, 0.717) is 135 Å². The zero-order valence-electron chi connectivity index (χ0n) is 61.7. The first-order chi connectivity index (χ1) is 47.3. The molecule has 0 amide bonds. The lowest BCUT2D eigenvalue weighted by molar-refractivity contribution is -0.151. The molecule has 0 radical (unpaired) electrons. The summed E-state index contributed by atoms with van der Waals surface area (Å²) in [5.74, 6) is 4.95. The van der Waals surface area contributed by atoms with Crippen molar-refractivity contribution in [1.82, 2.24) is 0 Å². The highest BCUT2D eigenvalue weighted by molar-refractivity contribution is 6.84. The van der Waals surface area contributed by atoms with Crippen LogP contribution in [0.4, 0.5) is 0 Å². The first-order valence-electron chi connectivity index (χ1n) is 41.3. The Morgan fingerprint density at radius 3 is 1.02 bits per heavy atom. The highest BCUT2D eigenvalue weighted by atomic mass is 28.4. The Morgan fingerprint density at radius 1 is 0.363 bits per heavy atom. The SMILES string of the molecule is C.C.C.C.C[Si](C)(CCC1CCC2OC2C1)O[Si](C)(C)CCC1CCC2OC2C1.C[Si]1(CCC2CCC3OC3C2)CCCCO1.C[Si]1(CCC2CCC3OC3C2)CCCCO1.O=C(CCC1CCC2OC2C1)CC(=O)OCC1CCC2OC2C1.O=C(OCC1CCC2OC2C1)C1CCC2OC2C1. The van der Waals surface area contributed by atoms with Crippen LogP contribution in [0.3, 0.4) is 0 Å². The average Bonchev–Trinajstić information content (AvgIpc) is 1.65. The minimum absolute atomic E-state index is 0. The molecule has 18 fully saturated rings. The summed E-state index contributed by atoms with van der Waals surface area (Å²) in [6.45, 7) is 17.9. The van der Waals surface area contributed by atoms with Gasteiger partial charge in [-0.1, -0.05) is 68.2 Å². The Hall–Kier alpha value is -0.962. The van der Waals surface area contributed by atoms with Gasteiger partial charge in [-0.3, -0.25) is 14.4 Å². The van der Waals surface area contributed by atoms with Gasteiger partial charge in [0.05, 0.1) is 117 Å². The number of ether oxygens (including phenoxy) is 10. The van der Waals surface area contributed by atoms with Crippen LogP contribution in [0.5, 0.6) is 0 Å². The van der Waals surface area contributed by atoms with Gasteiger partial charge in [-0.25, -0.2) is 0 Å². The molecular formula is C82H148O16Si4. The van der Waals surface area contributed by atoms with Crippen molar-refractivity contribution in [3.63, 3.8) is 0 Å². The molecule has 20 heteroatoms. The number of Topliss-reactive ketones (excluding diaryl/α,β-unsaturated/α-hetero) is 1. The Balaban J connectivity index is 0.000000137. The molecule has 0 N–H and O–H groups in total. The highest BCUT2D eigenvalue weighted by Gasteiger charge is 2.51. The third kappa shape index (κ3) is 25.8. The van der Waals surface area contributed by atoms with Crippen LogP contribution >= 0.6 is 0 Å². The van der Waals surface area contributed by atoms with Crippen molar-refractivity contribution in [2.24, 2.45) is 47.3 Å². The van der Waals surface area contributed by atoms with Crippen LogP contribution in [0, 0.1) is 47.3 Å². The summed E-state index contributed by atoms with van der Waals surface area (Å²) in [5.41, 5.74) is 0. The molecule has 588 valence electrons. The molecule has 102 heavy (non-hydrogen) atoms. The van der Waals surface area contributed by atoms with Crippen molar-refractivity contribution in [3.05, 3.63) is 0 Å². The first-order valence-corrected chi connectivity index (χ1v) is 53.2. The predicted molar refractivity (Wildman–Crippen MR) is 413 cm³/mol. The van der Waals surface area contributed by atoms with Crippen LogP contribution in [-0.2, 0) is 74.7 Å². The summed E-state index contributed by atoms with van der Waals surface area (Å²) in [7, 11) is -5.59. The molecule has 0 aromatic heterocycles. The topological polar surface area (TPSA) is 198 Å². The minimum Gasteiger partial charge on any atom is -0.465 e. The van der Waals surface area contributed by atoms with Crippen molar-refractivity contribution < 1.29 is 74.7 Å². The van der Waals surface area contributed by atoms with Gasteiger partial charge in [0.15, 0.2) is 33.3 Å². The van der Waals surface area contributed by atoms with Gasteiger partial charge in [-0.2, -0.15) is 0 Å². The number of carbonyl (C=O) groups is 3. The monoisotopic (exact) mass is 1500 g/mol. The van der Waals surface area contributed by atoms with Gasteiger partial charge in [0.25, 0.3) is 0 Å². The van der Waals surface area contributed by atoms with Gasteiger partial charge in [0, 0.05) is 19.6 Å². The van der Waals surface area contributed by atoms with E-state index in [1.807, 2.05) is 0 Å². The number of fused-ring (bicyclic) bond motifs is 8. The molecule has 10 aliphatic heterocycles. The van der Waals surface area contributed by atoms with E-state index in [9.17, 15) is 14.4 Å². The normalized spacial score (nSPS) is 42.6. The molecule has 8 saturated carbocycles. The Labute approximate surface area is 623 Å². The van der Waals surface area contributed by atoms with E-state index in [4.69, 9.17) is 60.3 Å². The first kappa shape index (κ1) is 83.5. The largest absolute Gasteiger partial charge is 0.465 e. The van der Waals surface area contributed by atoms with Crippen LogP contribution in [0.1, 0.15) is 254 Å². The number of rotatable bonds is 24. The second-order valence-electron chi connectivity index (χ2n) is 36.8. The van der Waals surface area contributed by atoms with Gasteiger partial charge >= 0.3 is 11.9 Å². The Kier molecular flexibility index (Phi) is 30.6. The second-order valence-corrected chi connectivity index (χ2v) is 54.1. The van der Waals surface area contributed by atoms with Crippen LogP contribution in [0.15, 0.2) is 0 Å². The lowest BCUT2D eigenvalue weighted by Crippen LogP contribution is -2.44. The zero-order chi connectivity index (χ0) is 67.6. The molecule has 10 saturated heterocycles. The van der Waals surface area contributed by atoms with Crippen molar-refractivity contribution in [2.45, 2.75) is 428 Å². The summed E-state index contributed by atoms with van der Waals surface area (Å²) in [6, 6.07) is 8.29. The quantitative estimate of drug-likeness (QED) is 0.0382. The number of hydrogen-bond acceptors (Lipinski definition) is 16. The van der Waals surface area contributed by atoms with Crippen LogP contribution in [0.25, 0.3) is 0 Å². The average molecular weight is 1500 g/mol. The maximum absolute atomic E-state index is 12.0. The number of carbonyl (C=O) groups excluding carboxylic acids is 3. The minimum atomic E-state index is -1.53. The molecule has 26 atom stereocenters.